The second kappa shape index (κ2) is 6.23. The van der Waals surface area contributed by atoms with Crippen molar-refractivity contribution >= 4 is 34.2 Å². The standard InChI is InChI=1S/C8H12ClI/c1-3-4-5-8(9)6-7(2)10/h3,8H,1-2,4-6H2/t8-/m1/s1. The summed E-state index contributed by atoms with van der Waals surface area (Å²) in [6.07, 6.45) is 4.81. The zero-order valence-corrected chi connectivity index (χ0v) is 8.86. The largest absolute Gasteiger partial charge is 0.123 e. The van der Waals surface area contributed by atoms with Crippen molar-refractivity contribution < 1.29 is 0 Å². The van der Waals surface area contributed by atoms with Crippen molar-refractivity contribution in [1.29, 1.82) is 0 Å². The molecule has 0 saturated carbocycles. The zero-order chi connectivity index (χ0) is 7.98. The molecule has 0 N–H and O–H groups in total. The Balaban J connectivity index is 3.33. The van der Waals surface area contributed by atoms with E-state index in [2.05, 4.69) is 35.7 Å². The van der Waals surface area contributed by atoms with Crippen LogP contribution in [0.25, 0.3) is 0 Å². The summed E-state index contributed by atoms with van der Waals surface area (Å²) in [6, 6.07) is 0. The van der Waals surface area contributed by atoms with Gasteiger partial charge in [-0.15, -0.1) is 18.2 Å². The van der Waals surface area contributed by atoms with Gasteiger partial charge in [-0.25, -0.2) is 0 Å². The number of halogens is 2. The van der Waals surface area contributed by atoms with Crippen molar-refractivity contribution in [2.24, 2.45) is 0 Å². The van der Waals surface area contributed by atoms with Crippen LogP contribution in [-0.4, -0.2) is 5.38 Å². The molecule has 0 amide bonds. The molecule has 0 unspecified atom stereocenters. The van der Waals surface area contributed by atoms with Crippen molar-refractivity contribution in [1.82, 2.24) is 0 Å². The van der Waals surface area contributed by atoms with E-state index in [4.69, 9.17) is 11.6 Å². The van der Waals surface area contributed by atoms with E-state index in [-0.39, 0.29) is 5.38 Å². The van der Waals surface area contributed by atoms with Gasteiger partial charge in [0.1, 0.15) is 0 Å². The number of allylic oxidation sites excluding steroid dienone is 2. The topological polar surface area (TPSA) is 0 Å². The summed E-state index contributed by atoms with van der Waals surface area (Å²) < 4.78 is 1.13. The van der Waals surface area contributed by atoms with E-state index >= 15 is 0 Å². The van der Waals surface area contributed by atoms with Crippen LogP contribution in [0, 0.1) is 0 Å². The van der Waals surface area contributed by atoms with Crippen LogP contribution in [0.5, 0.6) is 0 Å². The third kappa shape index (κ3) is 6.62. The van der Waals surface area contributed by atoms with Crippen LogP contribution in [0.3, 0.4) is 0 Å². The van der Waals surface area contributed by atoms with E-state index in [1.165, 1.54) is 0 Å². The second-order valence-corrected chi connectivity index (χ2v) is 4.33. The maximum atomic E-state index is 5.94. The predicted molar refractivity (Wildman–Crippen MR) is 56.8 cm³/mol. The Hall–Kier alpha value is 0.500. The van der Waals surface area contributed by atoms with Gasteiger partial charge in [0.15, 0.2) is 0 Å². The maximum Gasteiger partial charge on any atom is 0.0383 e. The normalized spacial score (nSPS) is 12.6. The fourth-order valence-corrected chi connectivity index (χ4v) is 1.75. The summed E-state index contributed by atoms with van der Waals surface area (Å²) in [7, 11) is 0. The SMILES string of the molecule is C=CCC[C@@H](Cl)CC(=C)I. The summed E-state index contributed by atoms with van der Waals surface area (Å²) in [5.41, 5.74) is 0. The van der Waals surface area contributed by atoms with Crippen LogP contribution in [0.15, 0.2) is 22.8 Å². The smallest absolute Gasteiger partial charge is 0.0383 e. The molecular weight excluding hydrogens is 258 g/mol. The van der Waals surface area contributed by atoms with Gasteiger partial charge in [-0.2, -0.15) is 0 Å². The first-order chi connectivity index (χ1) is 4.66. The van der Waals surface area contributed by atoms with E-state index in [0.29, 0.717) is 0 Å². The van der Waals surface area contributed by atoms with Crippen LogP contribution in [0.4, 0.5) is 0 Å². The van der Waals surface area contributed by atoms with Crippen LogP contribution in [0.2, 0.25) is 0 Å². The Bertz CT molecular complexity index is 120. The lowest BCUT2D eigenvalue weighted by atomic mass is 10.2. The molecular formula is C8H12ClI. The van der Waals surface area contributed by atoms with Crippen LogP contribution < -0.4 is 0 Å². The first kappa shape index (κ1) is 10.5. The Morgan fingerprint density at radius 2 is 2.30 bits per heavy atom. The van der Waals surface area contributed by atoms with Gasteiger partial charge < -0.3 is 0 Å². The fraction of sp³-hybridized carbons (Fsp3) is 0.500. The molecule has 0 spiro atoms. The summed E-state index contributed by atoms with van der Waals surface area (Å²) in [6.45, 7) is 7.41. The van der Waals surface area contributed by atoms with Crippen LogP contribution >= 0.6 is 34.2 Å². The first-order valence-electron chi connectivity index (χ1n) is 3.25. The average Bonchev–Trinajstić information content (AvgIpc) is 1.82. The highest BCUT2D eigenvalue weighted by atomic mass is 127. The molecule has 10 heavy (non-hydrogen) atoms. The molecule has 0 aromatic carbocycles. The van der Waals surface area contributed by atoms with E-state index in [0.717, 1.165) is 22.8 Å². The average molecular weight is 271 g/mol. The summed E-state index contributed by atoms with van der Waals surface area (Å²) in [5.74, 6) is 0. The molecule has 0 radical (unpaired) electrons. The molecule has 0 aliphatic carbocycles. The molecule has 0 nitrogen and oxygen atoms in total. The van der Waals surface area contributed by atoms with Gasteiger partial charge in [0.25, 0.3) is 0 Å². The molecule has 0 heterocycles. The van der Waals surface area contributed by atoms with Gasteiger partial charge in [-0.1, -0.05) is 12.7 Å². The third-order valence-electron chi connectivity index (χ3n) is 1.13. The Labute approximate surface area is 81.5 Å². The lowest BCUT2D eigenvalue weighted by Crippen LogP contribution is -1.96. The molecule has 0 saturated heterocycles. The molecule has 2 heteroatoms. The Kier molecular flexibility index (Phi) is 6.54. The van der Waals surface area contributed by atoms with Crippen molar-refractivity contribution in [3.8, 4) is 0 Å². The van der Waals surface area contributed by atoms with Crippen molar-refractivity contribution in [3.05, 3.63) is 22.8 Å². The quantitative estimate of drug-likeness (QED) is 0.404. The van der Waals surface area contributed by atoms with Gasteiger partial charge in [0.2, 0.25) is 0 Å². The van der Waals surface area contributed by atoms with E-state index < -0.39 is 0 Å². The van der Waals surface area contributed by atoms with Crippen molar-refractivity contribution in [2.75, 3.05) is 0 Å². The van der Waals surface area contributed by atoms with Gasteiger partial charge in [0, 0.05) is 5.38 Å². The van der Waals surface area contributed by atoms with Crippen LogP contribution in [0.1, 0.15) is 19.3 Å². The zero-order valence-electron chi connectivity index (χ0n) is 5.95. The number of rotatable bonds is 5. The lowest BCUT2D eigenvalue weighted by molar-refractivity contribution is 0.771. The minimum absolute atomic E-state index is 0.238. The Morgan fingerprint density at radius 1 is 1.70 bits per heavy atom. The van der Waals surface area contributed by atoms with Gasteiger partial charge in [0.05, 0.1) is 0 Å². The highest BCUT2D eigenvalue weighted by Gasteiger charge is 2.02. The number of alkyl halides is 1. The van der Waals surface area contributed by atoms with Gasteiger partial charge in [-0.05, 0) is 45.4 Å². The van der Waals surface area contributed by atoms with E-state index in [9.17, 15) is 0 Å². The minimum atomic E-state index is 0.238. The second-order valence-electron chi connectivity index (χ2n) is 2.18. The van der Waals surface area contributed by atoms with Crippen molar-refractivity contribution in [2.45, 2.75) is 24.6 Å². The monoisotopic (exact) mass is 270 g/mol. The first-order valence-corrected chi connectivity index (χ1v) is 4.76. The molecule has 0 aliphatic heterocycles. The predicted octanol–water partition coefficient (Wildman–Crippen LogP) is 3.90. The molecule has 0 aliphatic rings. The van der Waals surface area contributed by atoms with Gasteiger partial charge >= 0.3 is 0 Å². The van der Waals surface area contributed by atoms with Crippen LogP contribution in [-0.2, 0) is 0 Å². The number of hydrogen-bond acceptors (Lipinski definition) is 0. The summed E-state index contributed by atoms with van der Waals surface area (Å²) in [5, 5.41) is 0.238. The molecule has 1 atom stereocenters. The molecule has 0 fully saturated rings. The highest BCUT2D eigenvalue weighted by molar-refractivity contribution is 14.1. The van der Waals surface area contributed by atoms with E-state index in [1.807, 2.05) is 6.08 Å². The lowest BCUT2D eigenvalue weighted by Gasteiger charge is -2.04. The van der Waals surface area contributed by atoms with E-state index in [1.54, 1.807) is 0 Å². The molecule has 58 valence electrons. The number of hydrogen-bond donors (Lipinski definition) is 0. The van der Waals surface area contributed by atoms with Crippen molar-refractivity contribution in [3.63, 3.8) is 0 Å². The fourth-order valence-electron chi connectivity index (χ4n) is 0.641. The molecule has 0 bridgehead atoms. The molecule has 0 aromatic rings. The molecule has 0 aromatic heterocycles. The summed E-state index contributed by atoms with van der Waals surface area (Å²) >= 11 is 8.15. The highest BCUT2D eigenvalue weighted by Crippen LogP contribution is 2.18. The Morgan fingerprint density at radius 3 is 2.70 bits per heavy atom. The summed E-state index contributed by atoms with van der Waals surface area (Å²) in [4.78, 5) is 0. The van der Waals surface area contributed by atoms with Gasteiger partial charge in [-0.3, -0.25) is 0 Å². The molecule has 0 rings (SSSR count). The third-order valence-corrected chi connectivity index (χ3v) is 1.94. The maximum absolute atomic E-state index is 5.94. The minimum Gasteiger partial charge on any atom is -0.123 e.